The van der Waals surface area contributed by atoms with E-state index >= 15 is 0 Å². The van der Waals surface area contributed by atoms with Crippen molar-refractivity contribution < 1.29 is 18.0 Å². The zero-order valence-corrected chi connectivity index (χ0v) is 17.9. The first-order valence-corrected chi connectivity index (χ1v) is 11.1. The van der Waals surface area contributed by atoms with Crippen LogP contribution >= 0.6 is 0 Å². The molecule has 0 unspecified atom stereocenters. The zero-order chi connectivity index (χ0) is 21.5. The molecule has 9 heteroatoms. The largest absolute Gasteiger partial charge is 0.368 e. The van der Waals surface area contributed by atoms with Crippen LogP contribution in [0.25, 0.3) is 10.9 Å². The number of nitrogens with zero attached hydrogens (tertiary/aromatic N) is 2. The zero-order valence-electron chi connectivity index (χ0n) is 17.1. The predicted octanol–water partition coefficient (Wildman–Crippen LogP) is 1.55. The molecular formula is C19H30N4O4S. The summed E-state index contributed by atoms with van der Waals surface area (Å²) in [7, 11) is -1.76. The highest BCUT2D eigenvalue weighted by atomic mass is 32.2. The number of carbonyl (C=O) groups excluding carboxylic acids is 2. The molecule has 0 saturated heterocycles. The second-order valence-electron chi connectivity index (χ2n) is 6.36. The maximum atomic E-state index is 12.3. The molecule has 3 N–H and O–H groups in total. The van der Waals surface area contributed by atoms with Gasteiger partial charge in [-0.05, 0) is 30.7 Å². The van der Waals surface area contributed by atoms with Gasteiger partial charge in [0.05, 0.1) is 12.8 Å². The Bertz CT molecular complexity index is 921. The van der Waals surface area contributed by atoms with Gasteiger partial charge in [-0.15, -0.1) is 0 Å². The molecule has 8 nitrogen and oxygen atoms in total. The number of benzene rings is 1. The fraction of sp³-hybridized carbons (Fsp3) is 0.474. The number of sulfonamides is 1. The fourth-order valence-corrected chi connectivity index (χ4v) is 3.65. The van der Waals surface area contributed by atoms with Crippen molar-refractivity contribution in [3.05, 3.63) is 36.0 Å². The van der Waals surface area contributed by atoms with Gasteiger partial charge in [-0.3, -0.25) is 9.59 Å². The first-order valence-electron chi connectivity index (χ1n) is 9.20. The summed E-state index contributed by atoms with van der Waals surface area (Å²) >= 11 is 0. The number of hydrogen-bond donors (Lipinski definition) is 2. The van der Waals surface area contributed by atoms with Gasteiger partial charge >= 0.3 is 0 Å². The van der Waals surface area contributed by atoms with Crippen molar-refractivity contribution in [2.45, 2.75) is 39.8 Å². The summed E-state index contributed by atoms with van der Waals surface area (Å²) in [6.07, 6.45) is 3.66. The summed E-state index contributed by atoms with van der Waals surface area (Å²) in [5.74, 6) is -0.860. The van der Waals surface area contributed by atoms with E-state index in [2.05, 4.69) is 4.72 Å². The van der Waals surface area contributed by atoms with Crippen LogP contribution < -0.4 is 10.5 Å². The number of carbonyl (C=O) groups is 2. The maximum Gasteiger partial charge on any atom is 0.254 e. The van der Waals surface area contributed by atoms with Crippen LogP contribution in [0, 0.1) is 0 Å². The Morgan fingerprint density at radius 2 is 1.89 bits per heavy atom. The predicted molar refractivity (Wildman–Crippen MR) is 111 cm³/mol. The highest BCUT2D eigenvalue weighted by molar-refractivity contribution is 7.88. The molecule has 28 heavy (non-hydrogen) atoms. The van der Waals surface area contributed by atoms with Crippen LogP contribution in [0.1, 0.15) is 37.6 Å². The summed E-state index contributed by atoms with van der Waals surface area (Å²) in [6, 6.07) is 6.89. The van der Waals surface area contributed by atoms with Crippen LogP contribution in [0.4, 0.5) is 0 Å². The van der Waals surface area contributed by atoms with Crippen molar-refractivity contribution in [3.8, 4) is 0 Å². The normalized spacial score (nSPS) is 12.2. The SMILES string of the molecule is CC.CC[C@@H](Cn1ccc2cc(C(=O)N(C)CC(N)=O)ccc21)NS(C)(=O)=O. The van der Waals surface area contributed by atoms with Gasteiger partial charge in [0, 0.05) is 42.3 Å². The molecule has 2 rings (SSSR count). The molecule has 1 atom stereocenters. The highest BCUT2D eigenvalue weighted by Gasteiger charge is 2.16. The van der Waals surface area contributed by atoms with Gasteiger partial charge in [-0.25, -0.2) is 13.1 Å². The summed E-state index contributed by atoms with van der Waals surface area (Å²) in [6.45, 7) is 6.26. The monoisotopic (exact) mass is 410 g/mol. The van der Waals surface area contributed by atoms with Crippen molar-refractivity contribution >= 4 is 32.7 Å². The molecule has 0 bridgehead atoms. The van der Waals surface area contributed by atoms with Crippen molar-refractivity contribution in [1.29, 1.82) is 0 Å². The highest BCUT2D eigenvalue weighted by Crippen LogP contribution is 2.19. The summed E-state index contributed by atoms with van der Waals surface area (Å²) in [5.41, 5.74) is 6.48. The Hall–Kier alpha value is -2.39. The Morgan fingerprint density at radius 3 is 2.43 bits per heavy atom. The maximum absolute atomic E-state index is 12.3. The number of aromatic nitrogens is 1. The number of hydrogen-bond acceptors (Lipinski definition) is 4. The number of rotatable bonds is 8. The van der Waals surface area contributed by atoms with E-state index in [0.717, 1.165) is 17.2 Å². The topological polar surface area (TPSA) is 114 Å². The van der Waals surface area contributed by atoms with E-state index in [1.54, 1.807) is 12.1 Å². The molecule has 0 aliphatic rings. The lowest BCUT2D eigenvalue weighted by Crippen LogP contribution is -2.36. The molecule has 0 fully saturated rings. The number of amides is 2. The summed E-state index contributed by atoms with van der Waals surface area (Å²) in [5, 5.41) is 0.859. The summed E-state index contributed by atoms with van der Waals surface area (Å²) in [4.78, 5) is 24.6. The van der Waals surface area contributed by atoms with Crippen LogP contribution in [-0.4, -0.2) is 55.6 Å². The van der Waals surface area contributed by atoms with Gasteiger partial charge in [0.25, 0.3) is 5.91 Å². The van der Waals surface area contributed by atoms with E-state index in [-0.39, 0.29) is 18.5 Å². The minimum atomic E-state index is -3.28. The molecule has 2 aromatic rings. The molecule has 0 spiro atoms. The first kappa shape index (κ1) is 23.6. The molecule has 2 amide bonds. The second kappa shape index (κ2) is 10.2. The van der Waals surface area contributed by atoms with E-state index in [1.165, 1.54) is 11.9 Å². The molecule has 0 aliphatic carbocycles. The molecule has 1 heterocycles. The molecule has 1 aromatic heterocycles. The van der Waals surface area contributed by atoms with Crippen molar-refractivity contribution in [2.75, 3.05) is 19.8 Å². The Labute approximate surface area is 166 Å². The number of nitrogens with two attached hydrogens (primary N) is 1. The minimum Gasteiger partial charge on any atom is -0.368 e. The third-order valence-corrected chi connectivity index (χ3v) is 4.81. The van der Waals surface area contributed by atoms with Gasteiger partial charge in [0.1, 0.15) is 0 Å². The lowest BCUT2D eigenvalue weighted by Gasteiger charge is -2.17. The van der Waals surface area contributed by atoms with E-state index in [4.69, 9.17) is 5.73 Å². The van der Waals surface area contributed by atoms with Gasteiger partial charge in [0.2, 0.25) is 15.9 Å². The number of nitrogens with one attached hydrogen (secondary N) is 1. The average Bonchev–Trinajstić information content (AvgIpc) is 3.02. The molecule has 0 aliphatic heterocycles. The van der Waals surface area contributed by atoms with E-state index in [9.17, 15) is 18.0 Å². The Kier molecular flexibility index (Phi) is 8.64. The molecule has 0 saturated carbocycles. The van der Waals surface area contributed by atoms with Gasteiger partial charge in [-0.2, -0.15) is 0 Å². The molecule has 156 valence electrons. The average molecular weight is 411 g/mol. The lowest BCUT2D eigenvalue weighted by atomic mass is 10.1. The molecular weight excluding hydrogens is 380 g/mol. The van der Waals surface area contributed by atoms with Gasteiger partial charge < -0.3 is 15.2 Å². The standard InChI is InChI=1S/C17H24N4O4S.C2H6/c1-4-14(19-26(3,24)25)10-21-8-7-12-9-13(5-6-15(12)21)17(23)20(2)11-16(18)22;1-2/h5-9,14,19H,4,10-11H2,1-3H3,(H2,18,22);1-2H3/t14-;/m0./s1. The van der Waals surface area contributed by atoms with Crippen molar-refractivity contribution in [2.24, 2.45) is 5.73 Å². The van der Waals surface area contributed by atoms with E-state index in [0.29, 0.717) is 18.5 Å². The third kappa shape index (κ3) is 6.65. The molecule has 1 aromatic carbocycles. The van der Waals surface area contributed by atoms with Crippen LogP contribution in [0.2, 0.25) is 0 Å². The van der Waals surface area contributed by atoms with Crippen molar-refractivity contribution in [1.82, 2.24) is 14.2 Å². The second-order valence-corrected chi connectivity index (χ2v) is 8.14. The quantitative estimate of drug-likeness (QED) is 0.687. The molecule has 0 radical (unpaired) electrons. The third-order valence-electron chi connectivity index (χ3n) is 4.05. The lowest BCUT2D eigenvalue weighted by molar-refractivity contribution is -0.118. The summed E-state index contributed by atoms with van der Waals surface area (Å²) < 4.78 is 27.5. The van der Waals surface area contributed by atoms with Gasteiger partial charge in [0.15, 0.2) is 0 Å². The van der Waals surface area contributed by atoms with Crippen molar-refractivity contribution in [3.63, 3.8) is 0 Å². The van der Waals surface area contributed by atoms with Crippen LogP contribution in [0.15, 0.2) is 30.5 Å². The first-order chi connectivity index (χ1) is 13.1. The number of fused-ring (bicyclic) bond motifs is 1. The van der Waals surface area contributed by atoms with Crippen LogP contribution in [0.5, 0.6) is 0 Å². The van der Waals surface area contributed by atoms with Gasteiger partial charge in [-0.1, -0.05) is 20.8 Å². The number of likely N-dealkylation sites (N-methyl/N-ethyl adjacent to an activating group) is 1. The van der Waals surface area contributed by atoms with E-state index < -0.39 is 15.9 Å². The fourth-order valence-electron chi connectivity index (χ4n) is 2.81. The van der Waals surface area contributed by atoms with E-state index in [1.807, 2.05) is 43.7 Å². The Morgan fingerprint density at radius 1 is 1.25 bits per heavy atom. The Balaban J connectivity index is 0.00000190. The smallest absolute Gasteiger partial charge is 0.254 e. The van der Waals surface area contributed by atoms with Crippen LogP contribution in [0.3, 0.4) is 0 Å². The van der Waals surface area contributed by atoms with Crippen LogP contribution in [-0.2, 0) is 21.4 Å². The number of primary amides is 1. The minimum absolute atomic E-state index is 0.146.